The second-order valence-electron chi connectivity index (χ2n) is 1.97. The molecule has 1 heterocycles. The number of halogens is 1. The van der Waals surface area contributed by atoms with Gasteiger partial charge in [0.15, 0.2) is 0 Å². The molecule has 0 aliphatic carbocycles. The monoisotopic (exact) mass is 262 g/mol. The van der Waals surface area contributed by atoms with Crippen molar-refractivity contribution in [3.8, 4) is 0 Å². The quantitative estimate of drug-likeness (QED) is 0.604. The molecule has 0 radical (unpaired) electrons. The maximum absolute atomic E-state index is 3.91. The van der Waals surface area contributed by atoms with Gasteiger partial charge in [0, 0.05) is 12.4 Å². The molecule has 2 nitrogen and oxygen atoms in total. The smallest absolute Gasteiger partial charge is 0.0954 e. The van der Waals surface area contributed by atoms with Gasteiger partial charge in [-0.3, -0.25) is 0 Å². The van der Waals surface area contributed by atoms with E-state index in [4.69, 9.17) is 0 Å². The maximum atomic E-state index is 3.91. The number of nitrogens with zero attached hydrogens (tertiary/aromatic N) is 2. The van der Waals surface area contributed by atoms with Crippen molar-refractivity contribution in [2.24, 2.45) is 0 Å². The van der Waals surface area contributed by atoms with Crippen molar-refractivity contribution in [2.45, 2.75) is 6.04 Å². The molecule has 0 aliphatic rings. The Hall–Kier alpha value is -0.580. The molecule has 3 heteroatoms. The molecule has 0 saturated heterocycles. The highest BCUT2D eigenvalue weighted by atomic mass is 127. The lowest BCUT2D eigenvalue weighted by Gasteiger charge is -2.06. The zero-order chi connectivity index (χ0) is 7.40. The van der Waals surface area contributed by atoms with Crippen molar-refractivity contribution in [3.05, 3.63) is 44.0 Å². The fourth-order valence-electron chi connectivity index (χ4n) is 0.785. The van der Waals surface area contributed by atoms with E-state index >= 15 is 0 Å². The van der Waals surface area contributed by atoms with Gasteiger partial charge in [0.2, 0.25) is 0 Å². The molecule has 0 bridgehead atoms. The second-order valence-corrected chi connectivity index (χ2v) is 1.97. The van der Waals surface area contributed by atoms with Gasteiger partial charge in [0.25, 0.3) is 0 Å². The first-order chi connectivity index (χ1) is 4.88. The van der Waals surface area contributed by atoms with Gasteiger partial charge >= 0.3 is 0 Å². The Morgan fingerprint density at radius 1 is 1.36 bits per heavy atom. The van der Waals surface area contributed by atoms with Crippen molar-refractivity contribution < 1.29 is 0 Å². The first-order valence-corrected chi connectivity index (χ1v) is 3.11. The number of allylic oxidation sites excluding steroid dienone is 2. The SMILES string of the molecule is C=CC(C=C)n1ccnc1.I. The number of hydrogen-bond acceptors (Lipinski definition) is 1. The average Bonchev–Trinajstić information content (AvgIpc) is 2.43. The Labute approximate surface area is 83.7 Å². The zero-order valence-corrected chi connectivity index (χ0v) is 8.51. The third kappa shape index (κ3) is 2.49. The van der Waals surface area contributed by atoms with Gasteiger partial charge in [-0.15, -0.1) is 37.1 Å². The van der Waals surface area contributed by atoms with Gasteiger partial charge in [-0.25, -0.2) is 4.98 Å². The van der Waals surface area contributed by atoms with Crippen LogP contribution in [0.1, 0.15) is 6.04 Å². The first kappa shape index (κ1) is 10.4. The molecule has 0 aliphatic heterocycles. The van der Waals surface area contributed by atoms with Gasteiger partial charge in [-0.1, -0.05) is 12.2 Å². The van der Waals surface area contributed by atoms with E-state index in [1.54, 1.807) is 12.5 Å². The van der Waals surface area contributed by atoms with Crippen LogP contribution >= 0.6 is 24.0 Å². The minimum atomic E-state index is 0. The van der Waals surface area contributed by atoms with Gasteiger partial charge < -0.3 is 4.57 Å². The molecular formula is C8H11IN2. The van der Waals surface area contributed by atoms with Crippen molar-refractivity contribution >= 4 is 24.0 Å². The highest BCUT2D eigenvalue weighted by molar-refractivity contribution is 14.0. The molecular weight excluding hydrogens is 251 g/mol. The van der Waals surface area contributed by atoms with Crippen LogP contribution in [0.2, 0.25) is 0 Å². The lowest BCUT2D eigenvalue weighted by atomic mass is 10.3. The molecule has 0 aromatic carbocycles. The van der Waals surface area contributed by atoms with E-state index in [0.29, 0.717) is 0 Å². The standard InChI is InChI=1S/C8H10N2.HI/c1-3-8(4-2)10-6-5-9-7-10;/h3-8H,1-2H2;1H. The lowest BCUT2D eigenvalue weighted by Crippen LogP contribution is -1.98. The predicted octanol–water partition coefficient (Wildman–Crippen LogP) is 2.41. The maximum Gasteiger partial charge on any atom is 0.0954 e. The van der Waals surface area contributed by atoms with Gasteiger partial charge in [-0.05, 0) is 0 Å². The van der Waals surface area contributed by atoms with Crippen LogP contribution in [-0.4, -0.2) is 9.55 Å². The van der Waals surface area contributed by atoms with Crippen molar-refractivity contribution in [1.82, 2.24) is 9.55 Å². The Morgan fingerprint density at radius 3 is 2.36 bits per heavy atom. The molecule has 11 heavy (non-hydrogen) atoms. The topological polar surface area (TPSA) is 17.8 Å². The summed E-state index contributed by atoms with van der Waals surface area (Å²) in [5, 5.41) is 0. The zero-order valence-electron chi connectivity index (χ0n) is 6.18. The highest BCUT2D eigenvalue weighted by Crippen LogP contribution is 2.06. The predicted molar refractivity (Wildman–Crippen MR) is 57.1 cm³/mol. The van der Waals surface area contributed by atoms with Crippen LogP contribution in [0.5, 0.6) is 0 Å². The Kier molecular flexibility index (Phi) is 4.85. The molecule has 0 unspecified atom stereocenters. The summed E-state index contributed by atoms with van der Waals surface area (Å²) in [6.07, 6.45) is 8.99. The first-order valence-electron chi connectivity index (χ1n) is 3.11. The Morgan fingerprint density at radius 2 is 2.00 bits per heavy atom. The molecule has 0 fully saturated rings. The molecule has 0 amide bonds. The third-order valence-electron chi connectivity index (χ3n) is 1.35. The van der Waals surface area contributed by atoms with Crippen LogP contribution in [0, 0.1) is 0 Å². The normalized spacial score (nSPS) is 8.82. The summed E-state index contributed by atoms with van der Waals surface area (Å²) < 4.78 is 1.93. The third-order valence-corrected chi connectivity index (χ3v) is 1.35. The summed E-state index contributed by atoms with van der Waals surface area (Å²) in [5.41, 5.74) is 0. The fourth-order valence-corrected chi connectivity index (χ4v) is 0.785. The fraction of sp³-hybridized carbons (Fsp3) is 0.125. The van der Waals surface area contributed by atoms with Gasteiger partial charge in [0.1, 0.15) is 0 Å². The lowest BCUT2D eigenvalue weighted by molar-refractivity contribution is 0.724. The number of aromatic nitrogens is 2. The van der Waals surface area contributed by atoms with Crippen LogP contribution in [0.15, 0.2) is 44.0 Å². The summed E-state index contributed by atoms with van der Waals surface area (Å²) in [5.74, 6) is 0. The van der Waals surface area contributed by atoms with Crippen molar-refractivity contribution in [3.63, 3.8) is 0 Å². The van der Waals surface area contributed by atoms with Crippen LogP contribution < -0.4 is 0 Å². The molecule has 0 spiro atoms. The van der Waals surface area contributed by atoms with E-state index in [1.165, 1.54) is 0 Å². The minimum absolute atomic E-state index is 0. The van der Waals surface area contributed by atoms with Crippen molar-refractivity contribution in [2.75, 3.05) is 0 Å². The summed E-state index contributed by atoms with van der Waals surface area (Å²) in [7, 11) is 0. The van der Waals surface area contributed by atoms with Crippen LogP contribution in [0.25, 0.3) is 0 Å². The van der Waals surface area contributed by atoms with E-state index < -0.39 is 0 Å². The highest BCUT2D eigenvalue weighted by Gasteiger charge is 1.96. The number of rotatable bonds is 3. The summed E-state index contributed by atoms with van der Waals surface area (Å²) in [6.45, 7) is 7.34. The van der Waals surface area contributed by atoms with E-state index in [1.807, 2.05) is 22.9 Å². The van der Waals surface area contributed by atoms with Crippen LogP contribution in [0.3, 0.4) is 0 Å². The molecule has 0 N–H and O–H groups in total. The molecule has 1 aromatic heterocycles. The molecule has 1 rings (SSSR count). The summed E-state index contributed by atoms with van der Waals surface area (Å²) >= 11 is 0. The van der Waals surface area contributed by atoms with Gasteiger partial charge in [0.05, 0.1) is 12.4 Å². The average molecular weight is 262 g/mol. The van der Waals surface area contributed by atoms with E-state index in [9.17, 15) is 0 Å². The molecule has 1 aromatic rings. The minimum Gasteiger partial charge on any atom is -0.327 e. The molecule has 60 valence electrons. The van der Waals surface area contributed by atoms with Crippen molar-refractivity contribution in [1.29, 1.82) is 0 Å². The number of imidazole rings is 1. The van der Waals surface area contributed by atoms with E-state index in [-0.39, 0.29) is 30.0 Å². The second kappa shape index (κ2) is 5.12. The number of hydrogen-bond donors (Lipinski definition) is 0. The largest absolute Gasteiger partial charge is 0.327 e. The molecule has 0 saturated carbocycles. The van der Waals surface area contributed by atoms with E-state index in [0.717, 1.165) is 0 Å². The van der Waals surface area contributed by atoms with Gasteiger partial charge in [-0.2, -0.15) is 0 Å². The van der Waals surface area contributed by atoms with Crippen LogP contribution in [-0.2, 0) is 0 Å². The van der Waals surface area contributed by atoms with E-state index in [2.05, 4.69) is 18.1 Å². The van der Waals surface area contributed by atoms with Crippen LogP contribution in [0.4, 0.5) is 0 Å². The Bertz CT molecular complexity index is 208. The Balaban J connectivity index is 0.000001000. The summed E-state index contributed by atoms with van der Waals surface area (Å²) in [4.78, 5) is 3.91. The molecule has 0 atom stereocenters. The summed E-state index contributed by atoms with van der Waals surface area (Å²) in [6, 6.07) is 0.169.